The molecule has 0 bridgehead atoms. The number of nitrogens with one attached hydrogen (secondary N) is 2. The molecule has 7 nitrogen and oxygen atoms in total. The van der Waals surface area contributed by atoms with E-state index < -0.39 is 11.6 Å². The van der Waals surface area contributed by atoms with Crippen LogP contribution in [-0.4, -0.2) is 42.2 Å². The molecule has 5 aromatic carbocycles. The number of nitrogens with zero attached hydrogens (tertiary/aromatic N) is 1. The summed E-state index contributed by atoms with van der Waals surface area (Å²) in [7, 11) is 0. The second-order valence-electron chi connectivity index (χ2n) is 11.9. The SMILES string of the molecule is O=C(NNCC(c1ccccc1)c1ccccc1)[C@@]1(C/C=C/c2ccccc2)N=C(c2ccc(OCCCO)cc2)O[C@H]1c1ccccc1. The number of hydrogen-bond acceptors (Lipinski definition) is 6. The number of aliphatic hydroxyl groups is 1. The first-order valence-corrected chi connectivity index (χ1v) is 16.7. The summed E-state index contributed by atoms with van der Waals surface area (Å²) in [5, 5.41) is 9.10. The predicted molar refractivity (Wildman–Crippen MR) is 194 cm³/mol. The quantitative estimate of drug-likeness (QED) is 0.0819. The van der Waals surface area contributed by atoms with Crippen molar-refractivity contribution in [3.8, 4) is 5.75 Å². The summed E-state index contributed by atoms with van der Waals surface area (Å²) >= 11 is 0. The molecule has 2 atom stereocenters. The van der Waals surface area contributed by atoms with Crippen molar-refractivity contribution in [3.05, 3.63) is 179 Å². The fourth-order valence-electron chi connectivity index (χ4n) is 6.02. The zero-order valence-corrected chi connectivity index (χ0v) is 27.3. The third kappa shape index (κ3) is 8.33. The van der Waals surface area contributed by atoms with Gasteiger partial charge in [0.2, 0.25) is 5.90 Å². The predicted octanol–water partition coefficient (Wildman–Crippen LogP) is 7.26. The molecule has 0 radical (unpaired) electrons. The molecule has 1 amide bonds. The van der Waals surface area contributed by atoms with Gasteiger partial charge in [0.1, 0.15) is 5.75 Å². The fourth-order valence-corrected chi connectivity index (χ4v) is 6.02. The van der Waals surface area contributed by atoms with Gasteiger partial charge in [-0.2, -0.15) is 0 Å². The lowest BCUT2D eigenvalue weighted by Gasteiger charge is -2.30. The van der Waals surface area contributed by atoms with Crippen LogP contribution >= 0.6 is 0 Å². The van der Waals surface area contributed by atoms with Crippen molar-refractivity contribution in [1.82, 2.24) is 10.9 Å². The number of aliphatic imine (C=N–C) groups is 1. The number of hydrazine groups is 1. The zero-order valence-electron chi connectivity index (χ0n) is 27.3. The van der Waals surface area contributed by atoms with E-state index in [-0.39, 0.29) is 18.4 Å². The van der Waals surface area contributed by atoms with E-state index in [9.17, 15) is 4.79 Å². The van der Waals surface area contributed by atoms with Crippen LogP contribution in [0.25, 0.3) is 6.08 Å². The molecule has 0 saturated heterocycles. The van der Waals surface area contributed by atoms with Gasteiger partial charge in [-0.3, -0.25) is 10.2 Å². The molecule has 49 heavy (non-hydrogen) atoms. The summed E-state index contributed by atoms with van der Waals surface area (Å²) in [6, 6.07) is 47.8. The molecule has 1 aliphatic heterocycles. The van der Waals surface area contributed by atoms with Crippen LogP contribution in [0.4, 0.5) is 0 Å². The van der Waals surface area contributed by atoms with E-state index in [0.29, 0.717) is 37.6 Å². The first kappa shape index (κ1) is 33.4. The van der Waals surface area contributed by atoms with E-state index in [2.05, 4.69) is 35.1 Å². The van der Waals surface area contributed by atoms with Crippen LogP contribution in [0.1, 0.15) is 52.7 Å². The van der Waals surface area contributed by atoms with Crippen molar-refractivity contribution in [2.45, 2.75) is 30.4 Å². The first-order chi connectivity index (χ1) is 24.2. The van der Waals surface area contributed by atoms with E-state index >= 15 is 0 Å². The van der Waals surface area contributed by atoms with Gasteiger partial charge in [0, 0.05) is 37.5 Å². The Labute approximate surface area is 287 Å². The molecule has 6 rings (SSSR count). The lowest BCUT2D eigenvalue weighted by atomic mass is 9.84. The third-order valence-electron chi connectivity index (χ3n) is 8.58. The number of rotatable bonds is 15. The molecule has 1 aliphatic rings. The molecular weight excluding hydrogens is 610 g/mol. The van der Waals surface area contributed by atoms with E-state index in [1.54, 1.807) is 0 Å². The molecule has 0 fully saturated rings. The third-order valence-corrected chi connectivity index (χ3v) is 8.58. The molecule has 0 spiro atoms. The van der Waals surface area contributed by atoms with Crippen LogP contribution in [0.3, 0.4) is 0 Å². The van der Waals surface area contributed by atoms with E-state index in [0.717, 1.165) is 27.8 Å². The summed E-state index contributed by atoms with van der Waals surface area (Å²) < 4.78 is 12.4. The molecular formula is C42H41N3O4. The maximum absolute atomic E-state index is 14.6. The number of hydrogen-bond donors (Lipinski definition) is 3. The zero-order chi connectivity index (χ0) is 33.7. The Hall–Kier alpha value is -5.50. The lowest BCUT2D eigenvalue weighted by Crippen LogP contribution is -2.53. The fraction of sp³-hybridized carbons (Fsp3) is 0.190. The Kier molecular flexibility index (Phi) is 11.3. The number of benzene rings is 5. The maximum Gasteiger partial charge on any atom is 0.266 e. The van der Waals surface area contributed by atoms with Gasteiger partial charge in [-0.15, -0.1) is 0 Å². The highest BCUT2D eigenvalue weighted by Gasteiger charge is 2.52. The van der Waals surface area contributed by atoms with Gasteiger partial charge >= 0.3 is 0 Å². The standard InChI is InChI=1S/C42H41N3O4/c46-29-14-30-48-37-26-24-36(25-27-37)40-44-42(28-13-17-32-15-5-1-6-16-32,39(49-40)35-22-11-4-12-23-35)41(47)45-43-31-38(33-18-7-2-8-19-33)34-20-9-3-10-21-34/h1-13,15-27,38-39,43,46H,14,28-31H2,(H,45,47)/b17-13+/t39-,42-/m0/s1. The number of carbonyl (C=O) groups excluding carboxylic acids is 1. The Morgan fingerprint density at radius 3 is 2.02 bits per heavy atom. The molecule has 3 N–H and O–H groups in total. The summed E-state index contributed by atoms with van der Waals surface area (Å²) in [4.78, 5) is 19.7. The minimum atomic E-state index is -1.32. The minimum absolute atomic E-state index is 0.0125. The van der Waals surface area contributed by atoms with Gasteiger partial charge in [0.05, 0.1) is 6.61 Å². The molecule has 7 heteroatoms. The van der Waals surface area contributed by atoms with Crippen molar-refractivity contribution in [3.63, 3.8) is 0 Å². The molecule has 248 valence electrons. The van der Waals surface area contributed by atoms with Gasteiger partial charge in [-0.1, -0.05) is 133 Å². The monoisotopic (exact) mass is 651 g/mol. The second kappa shape index (κ2) is 16.6. The topological polar surface area (TPSA) is 92.2 Å². The number of amides is 1. The van der Waals surface area contributed by atoms with Gasteiger partial charge in [-0.25, -0.2) is 10.4 Å². The van der Waals surface area contributed by atoms with Crippen molar-refractivity contribution in [2.75, 3.05) is 19.8 Å². The second-order valence-corrected chi connectivity index (χ2v) is 11.9. The smallest absolute Gasteiger partial charge is 0.266 e. The lowest BCUT2D eigenvalue weighted by molar-refractivity contribution is -0.129. The van der Waals surface area contributed by atoms with E-state index in [1.807, 2.05) is 133 Å². The summed E-state index contributed by atoms with van der Waals surface area (Å²) in [5.41, 5.74) is 9.89. The Bertz CT molecular complexity index is 1780. The minimum Gasteiger partial charge on any atom is -0.494 e. The molecule has 0 unspecified atom stereocenters. The molecule has 1 heterocycles. The molecule has 0 aromatic heterocycles. The van der Waals surface area contributed by atoms with Crippen LogP contribution in [0.2, 0.25) is 0 Å². The normalized spacial score (nSPS) is 17.1. The van der Waals surface area contributed by atoms with Crippen LogP contribution in [-0.2, 0) is 9.53 Å². The average molecular weight is 652 g/mol. The van der Waals surface area contributed by atoms with Gasteiger partial charge in [0.25, 0.3) is 5.91 Å². The van der Waals surface area contributed by atoms with Gasteiger partial charge < -0.3 is 14.6 Å². The van der Waals surface area contributed by atoms with Crippen LogP contribution < -0.4 is 15.6 Å². The summed E-state index contributed by atoms with van der Waals surface area (Å²) in [6.07, 6.45) is 4.16. The van der Waals surface area contributed by atoms with Gasteiger partial charge in [0.15, 0.2) is 11.6 Å². The van der Waals surface area contributed by atoms with Crippen molar-refractivity contribution < 1.29 is 19.4 Å². The number of aliphatic hydroxyl groups excluding tert-OH is 1. The van der Waals surface area contributed by atoms with E-state index in [4.69, 9.17) is 19.6 Å². The molecule has 0 saturated carbocycles. The van der Waals surface area contributed by atoms with Crippen molar-refractivity contribution in [1.29, 1.82) is 0 Å². The summed E-state index contributed by atoms with van der Waals surface area (Å²) in [5.74, 6) is 0.780. The Morgan fingerprint density at radius 1 is 0.816 bits per heavy atom. The number of carbonyl (C=O) groups is 1. The van der Waals surface area contributed by atoms with Gasteiger partial charge in [-0.05, 0) is 46.5 Å². The highest BCUT2D eigenvalue weighted by atomic mass is 16.5. The van der Waals surface area contributed by atoms with Crippen LogP contribution in [0.15, 0.2) is 157 Å². The largest absolute Gasteiger partial charge is 0.494 e. The van der Waals surface area contributed by atoms with Crippen LogP contribution in [0.5, 0.6) is 5.75 Å². The highest BCUT2D eigenvalue weighted by molar-refractivity contribution is 6.01. The molecule has 5 aromatic rings. The highest BCUT2D eigenvalue weighted by Crippen LogP contribution is 2.43. The van der Waals surface area contributed by atoms with Crippen molar-refractivity contribution >= 4 is 17.9 Å². The van der Waals surface area contributed by atoms with E-state index in [1.165, 1.54) is 0 Å². The first-order valence-electron chi connectivity index (χ1n) is 16.7. The van der Waals surface area contributed by atoms with Crippen LogP contribution in [0, 0.1) is 0 Å². The van der Waals surface area contributed by atoms with Crippen molar-refractivity contribution in [2.24, 2.45) is 4.99 Å². The molecule has 0 aliphatic carbocycles. The Morgan fingerprint density at radius 2 is 1.41 bits per heavy atom. The Balaban J connectivity index is 1.32. The number of ether oxygens (including phenoxy) is 2. The maximum atomic E-state index is 14.6. The summed E-state index contributed by atoms with van der Waals surface area (Å²) in [6.45, 7) is 0.962. The average Bonchev–Trinajstić information content (AvgIpc) is 3.56.